The maximum absolute atomic E-state index is 12.0. The molecule has 0 aliphatic rings. The van der Waals surface area contributed by atoms with Gasteiger partial charge in [0.25, 0.3) is 0 Å². The maximum Gasteiger partial charge on any atom is 0.306 e. The minimum atomic E-state index is -0.156. The minimum absolute atomic E-state index is 0.150. The molecule has 0 radical (unpaired) electrons. The Hall–Kier alpha value is -1.51. The van der Waals surface area contributed by atoms with Crippen molar-refractivity contribution < 1.29 is 14.6 Å². The Morgan fingerprint density at radius 3 is 1.96 bits per heavy atom. The van der Waals surface area contributed by atoms with Gasteiger partial charge in [0.05, 0.1) is 6.61 Å². The first-order valence-corrected chi connectivity index (χ1v) is 9.38. The largest absolute Gasteiger partial charge is 0.507 e. The number of aromatic hydroxyl groups is 1. The lowest BCUT2D eigenvalue weighted by Crippen LogP contribution is -2.18. The van der Waals surface area contributed by atoms with Crippen LogP contribution in [-0.4, -0.2) is 17.7 Å². The van der Waals surface area contributed by atoms with Gasteiger partial charge in [-0.1, -0.05) is 73.9 Å². The molecule has 1 rings (SSSR count). The SMILES string of the molecule is CCC(C)COC(=O)CCc1cc(C(C)(C)C)c(O)c(C(C)(C)C)c1. The molecular formula is C22H36O3. The Morgan fingerprint density at radius 1 is 1.08 bits per heavy atom. The van der Waals surface area contributed by atoms with Crippen molar-refractivity contribution in [3.05, 3.63) is 28.8 Å². The van der Waals surface area contributed by atoms with Crippen LogP contribution in [0.1, 0.15) is 84.9 Å². The fourth-order valence-electron chi connectivity index (χ4n) is 2.65. The summed E-state index contributed by atoms with van der Waals surface area (Å²) in [4.78, 5) is 12.0. The molecule has 0 bridgehead atoms. The van der Waals surface area contributed by atoms with Gasteiger partial charge in [0.1, 0.15) is 5.75 Å². The number of benzene rings is 1. The average Bonchev–Trinajstić information content (AvgIpc) is 2.49. The van der Waals surface area contributed by atoms with Crippen molar-refractivity contribution in [3.63, 3.8) is 0 Å². The zero-order valence-corrected chi connectivity index (χ0v) is 17.3. The molecule has 0 fully saturated rings. The van der Waals surface area contributed by atoms with Crippen LogP contribution < -0.4 is 0 Å². The first-order chi connectivity index (χ1) is 11.4. The van der Waals surface area contributed by atoms with Crippen LogP contribution >= 0.6 is 0 Å². The highest BCUT2D eigenvalue weighted by Crippen LogP contribution is 2.39. The molecule has 0 saturated carbocycles. The van der Waals surface area contributed by atoms with E-state index < -0.39 is 0 Å². The van der Waals surface area contributed by atoms with E-state index in [0.29, 0.717) is 31.1 Å². The number of rotatable bonds is 6. The van der Waals surface area contributed by atoms with Gasteiger partial charge < -0.3 is 9.84 Å². The number of esters is 1. The molecule has 3 heteroatoms. The van der Waals surface area contributed by atoms with Crippen LogP contribution in [0.2, 0.25) is 0 Å². The summed E-state index contributed by atoms with van der Waals surface area (Å²) in [6.45, 7) is 17.2. The second kappa shape index (κ2) is 8.25. The van der Waals surface area contributed by atoms with E-state index in [2.05, 4.69) is 55.4 Å². The zero-order valence-electron chi connectivity index (χ0n) is 17.3. The highest BCUT2D eigenvalue weighted by atomic mass is 16.5. The third kappa shape index (κ3) is 6.37. The van der Waals surface area contributed by atoms with Crippen LogP contribution in [0, 0.1) is 5.92 Å². The maximum atomic E-state index is 12.0. The lowest BCUT2D eigenvalue weighted by molar-refractivity contribution is -0.144. The van der Waals surface area contributed by atoms with Crippen LogP contribution in [0.15, 0.2) is 12.1 Å². The molecule has 1 unspecified atom stereocenters. The van der Waals surface area contributed by atoms with Gasteiger partial charge in [-0.3, -0.25) is 4.79 Å². The van der Waals surface area contributed by atoms with Crippen molar-refractivity contribution >= 4 is 5.97 Å². The van der Waals surface area contributed by atoms with Crippen LogP contribution in [0.4, 0.5) is 0 Å². The normalized spacial score (nSPS) is 13.6. The Labute approximate surface area is 153 Å². The molecule has 0 aliphatic carbocycles. The van der Waals surface area contributed by atoms with Crippen molar-refractivity contribution in [1.29, 1.82) is 0 Å². The van der Waals surface area contributed by atoms with E-state index in [1.165, 1.54) is 0 Å². The molecule has 0 amide bonds. The van der Waals surface area contributed by atoms with Gasteiger partial charge in [0.15, 0.2) is 0 Å². The van der Waals surface area contributed by atoms with E-state index in [4.69, 9.17) is 4.74 Å². The summed E-state index contributed by atoms with van der Waals surface area (Å²) in [5.74, 6) is 0.628. The van der Waals surface area contributed by atoms with Crippen LogP contribution in [0.5, 0.6) is 5.75 Å². The molecule has 1 N–H and O–H groups in total. The molecule has 1 aromatic rings. The van der Waals surface area contributed by atoms with Crippen LogP contribution in [-0.2, 0) is 26.8 Å². The monoisotopic (exact) mass is 348 g/mol. The van der Waals surface area contributed by atoms with E-state index >= 15 is 0 Å². The van der Waals surface area contributed by atoms with E-state index in [1.807, 2.05) is 12.1 Å². The van der Waals surface area contributed by atoms with Gasteiger partial charge in [0.2, 0.25) is 0 Å². The number of hydrogen-bond acceptors (Lipinski definition) is 3. The predicted octanol–water partition coefficient (Wildman–Crippen LogP) is 5.51. The molecule has 1 aromatic carbocycles. The molecular weight excluding hydrogens is 312 g/mol. The Kier molecular flexibility index (Phi) is 7.10. The number of carbonyl (C=O) groups is 1. The molecule has 0 aromatic heterocycles. The fourth-order valence-corrected chi connectivity index (χ4v) is 2.65. The third-order valence-electron chi connectivity index (χ3n) is 4.63. The highest BCUT2D eigenvalue weighted by molar-refractivity contribution is 5.69. The first kappa shape index (κ1) is 21.5. The summed E-state index contributed by atoms with van der Waals surface area (Å²) < 4.78 is 5.35. The molecule has 25 heavy (non-hydrogen) atoms. The summed E-state index contributed by atoms with van der Waals surface area (Å²) in [5, 5.41) is 10.7. The lowest BCUT2D eigenvalue weighted by atomic mass is 9.78. The van der Waals surface area contributed by atoms with Gasteiger partial charge in [-0.15, -0.1) is 0 Å². The first-order valence-electron chi connectivity index (χ1n) is 9.38. The quantitative estimate of drug-likeness (QED) is 0.690. The van der Waals surface area contributed by atoms with E-state index in [0.717, 1.165) is 23.1 Å². The predicted molar refractivity (Wildman–Crippen MR) is 104 cm³/mol. The number of phenols is 1. The Bertz CT molecular complexity index is 553. The highest BCUT2D eigenvalue weighted by Gasteiger charge is 2.26. The van der Waals surface area contributed by atoms with Gasteiger partial charge in [0, 0.05) is 6.42 Å². The Balaban J connectivity index is 2.98. The summed E-state index contributed by atoms with van der Waals surface area (Å²) in [7, 11) is 0. The summed E-state index contributed by atoms with van der Waals surface area (Å²) in [5.41, 5.74) is 2.63. The number of phenolic OH excluding ortho intramolecular Hbond substituents is 1. The molecule has 142 valence electrons. The second-order valence-electron chi connectivity index (χ2n) is 9.24. The molecule has 0 spiro atoms. The van der Waals surface area contributed by atoms with Crippen molar-refractivity contribution in [1.82, 2.24) is 0 Å². The molecule has 0 aliphatic heterocycles. The van der Waals surface area contributed by atoms with E-state index in [-0.39, 0.29) is 16.8 Å². The van der Waals surface area contributed by atoms with Crippen LogP contribution in [0.3, 0.4) is 0 Å². The van der Waals surface area contributed by atoms with Crippen LogP contribution in [0.25, 0.3) is 0 Å². The van der Waals surface area contributed by atoms with Gasteiger partial charge in [-0.2, -0.15) is 0 Å². The van der Waals surface area contributed by atoms with Crippen molar-refractivity contribution in [3.8, 4) is 5.75 Å². The number of aryl methyl sites for hydroxylation is 1. The summed E-state index contributed by atoms with van der Waals surface area (Å²) in [6, 6.07) is 4.07. The molecule has 3 nitrogen and oxygen atoms in total. The van der Waals surface area contributed by atoms with Gasteiger partial charge in [-0.05, 0) is 39.9 Å². The number of hydrogen-bond donors (Lipinski definition) is 1. The van der Waals surface area contributed by atoms with Gasteiger partial charge in [-0.25, -0.2) is 0 Å². The topological polar surface area (TPSA) is 46.5 Å². The summed E-state index contributed by atoms with van der Waals surface area (Å²) in [6.07, 6.45) is 2.01. The molecule has 0 saturated heterocycles. The molecule has 0 heterocycles. The third-order valence-corrected chi connectivity index (χ3v) is 4.63. The van der Waals surface area contributed by atoms with Crippen molar-refractivity contribution in [2.75, 3.05) is 6.61 Å². The van der Waals surface area contributed by atoms with Crippen molar-refractivity contribution in [2.24, 2.45) is 5.92 Å². The Morgan fingerprint density at radius 2 is 1.56 bits per heavy atom. The van der Waals surface area contributed by atoms with E-state index in [9.17, 15) is 9.90 Å². The van der Waals surface area contributed by atoms with Crippen molar-refractivity contribution in [2.45, 2.75) is 85.5 Å². The lowest BCUT2D eigenvalue weighted by Gasteiger charge is -2.28. The van der Waals surface area contributed by atoms with E-state index in [1.54, 1.807) is 0 Å². The number of carbonyl (C=O) groups excluding carboxylic acids is 1. The zero-order chi connectivity index (χ0) is 19.4. The number of ether oxygens (including phenoxy) is 1. The smallest absolute Gasteiger partial charge is 0.306 e. The fraction of sp³-hybridized carbons (Fsp3) is 0.682. The van der Waals surface area contributed by atoms with Gasteiger partial charge >= 0.3 is 5.97 Å². The molecule has 1 atom stereocenters. The average molecular weight is 349 g/mol. The summed E-state index contributed by atoms with van der Waals surface area (Å²) >= 11 is 0. The minimum Gasteiger partial charge on any atom is -0.507 e. The second-order valence-corrected chi connectivity index (χ2v) is 9.24. The standard InChI is InChI=1S/C22H36O3/c1-9-15(2)14-25-19(23)11-10-16-12-17(21(3,4)5)20(24)18(13-16)22(6,7)8/h12-13,15,24H,9-11,14H2,1-8H3.